The van der Waals surface area contributed by atoms with Crippen LogP contribution in [0.3, 0.4) is 0 Å². The van der Waals surface area contributed by atoms with Gasteiger partial charge in [-0.05, 0) is 41.9 Å². The number of nitrogen functional groups attached to an aromatic ring is 1. The monoisotopic (exact) mass is 413 g/mol. The Hall–Kier alpha value is -0.530. The summed E-state index contributed by atoms with van der Waals surface area (Å²) in [7, 11) is -4.62. The lowest BCUT2D eigenvalue weighted by molar-refractivity contribution is 0.0387. The zero-order chi connectivity index (χ0) is 16.5. The first-order valence-corrected chi connectivity index (χ1v) is 9.67. The molecule has 0 spiro atoms. The van der Waals surface area contributed by atoms with Crippen LogP contribution in [0.2, 0.25) is 0 Å². The molecule has 122 valence electrons. The molecule has 2 rings (SSSR count). The second-order valence-electron chi connectivity index (χ2n) is 4.38. The maximum absolute atomic E-state index is 14.8. The minimum Gasteiger partial charge on any atom is -0.399 e. The lowest BCUT2D eigenvalue weighted by atomic mass is 10.2. The Morgan fingerprint density at radius 3 is 2.45 bits per heavy atom. The van der Waals surface area contributed by atoms with E-state index >= 15 is 0 Å². The minimum absolute atomic E-state index is 0.137. The minimum atomic E-state index is -4.62. The van der Waals surface area contributed by atoms with Crippen molar-refractivity contribution in [1.82, 2.24) is 0 Å². The molecule has 1 aromatic carbocycles. The molecule has 0 amide bonds. The van der Waals surface area contributed by atoms with E-state index in [-0.39, 0.29) is 17.7 Å². The average Bonchev–Trinajstić information content (AvgIpc) is 2.76. The van der Waals surface area contributed by atoms with Gasteiger partial charge in [0.1, 0.15) is 4.88 Å². The topological polar surface area (TPSA) is 61.5 Å². The molecule has 0 radical (unpaired) electrons. The number of thiophene rings is 1. The van der Waals surface area contributed by atoms with Crippen LogP contribution in [0.5, 0.6) is 0 Å². The normalized spacial score (nSPS) is 13.0. The van der Waals surface area contributed by atoms with Crippen molar-refractivity contribution in [2.24, 2.45) is 0 Å². The molecule has 2 aromatic rings. The van der Waals surface area contributed by atoms with Crippen molar-refractivity contribution >= 4 is 50.6 Å². The summed E-state index contributed by atoms with van der Waals surface area (Å²) in [6.45, 7) is 2.70. The summed E-state index contributed by atoms with van der Waals surface area (Å²) < 4.78 is 52.5. The van der Waals surface area contributed by atoms with E-state index in [1.165, 1.54) is 13.8 Å². The predicted octanol–water partition coefficient (Wildman–Crippen LogP) is 5.56. The highest BCUT2D eigenvalue weighted by atomic mass is 79.9. The molecule has 1 aromatic heterocycles. The number of nitrogens with two attached hydrogens (primary N) is 1. The SMILES string of the molecule is CCOP(=O)(OCC)C(F)(F)c1sc2cc(N)ccc2c1Br. The largest absolute Gasteiger partial charge is 0.405 e. The number of fused-ring (bicyclic) bond motifs is 1. The molecule has 4 nitrogen and oxygen atoms in total. The first kappa shape index (κ1) is 17.8. The third kappa shape index (κ3) is 2.95. The highest BCUT2D eigenvalue weighted by Gasteiger charge is 2.57. The third-order valence-electron chi connectivity index (χ3n) is 2.87. The summed E-state index contributed by atoms with van der Waals surface area (Å²) in [5, 5.41) is 0.577. The van der Waals surface area contributed by atoms with Crippen molar-refractivity contribution in [2.45, 2.75) is 19.5 Å². The van der Waals surface area contributed by atoms with E-state index in [4.69, 9.17) is 14.8 Å². The number of anilines is 1. The van der Waals surface area contributed by atoms with Gasteiger partial charge in [-0.25, -0.2) is 0 Å². The van der Waals surface area contributed by atoms with Crippen molar-refractivity contribution in [3.8, 4) is 0 Å². The smallest absolute Gasteiger partial charge is 0.399 e. The van der Waals surface area contributed by atoms with Crippen molar-refractivity contribution in [2.75, 3.05) is 18.9 Å². The second kappa shape index (κ2) is 6.53. The number of hydrogen-bond acceptors (Lipinski definition) is 5. The van der Waals surface area contributed by atoms with Gasteiger partial charge in [0, 0.05) is 20.2 Å². The van der Waals surface area contributed by atoms with Crippen LogP contribution in [0, 0.1) is 0 Å². The molecule has 0 unspecified atom stereocenters. The summed E-state index contributed by atoms with van der Waals surface area (Å²) in [5.41, 5.74) is 2.39. The molecular formula is C13H15BrF2NO3PS. The van der Waals surface area contributed by atoms with E-state index in [1.54, 1.807) is 18.2 Å². The maximum atomic E-state index is 14.8. The summed E-state index contributed by atoms with van der Waals surface area (Å²) >= 11 is 3.98. The van der Waals surface area contributed by atoms with E-state index in [2.05, 4.69) is 15.9 Å². The Balaban J connectivity index is 2.61. The van der Waals surface area contributed by atoms with E-state index < -0.39 is 18.1 Å². The molecule has 0 fully saturated rings. The summed E-state index contributed by atoms with van der Waals surface area (Å²) in [6.07, 6.45) is 0. The molecule has 9 heteroatoms. The van der Waals surface area contributed by atoms with Gasteiger partial charge < -0.3 is 14.8 Å². The van der Waals surface area contributed by atoms with Crippen molar-refractivity contribution < 1.29 is 22.4 Å². The molecule has 1 heterocycles. The van der Waals surface area contributed by atoms with Crippen LogP contribution in [0.1, 0.15) is 18.7 Å². The maximum Gasteiger partial charge on any atom is 0.405 e. The molecule has 0 aliphatic heterocycles. The van der Waals surface area contributed by atoms with Gasteiger partial charge in [-0.15, -0.1) is 11.3 Å². The zero-order valence-corrected chi connectivity index (χ0v) is 15.2. The van der Waals surface area contributed by atoms with E-state index in [0.717, 1.165) is 11.3 Å². The Bertz CT molecular complexity index is 727. The van der Waals surface area contributed by atoms with Gasteiger partial charge in [0.05, 0.1) is 13.2 Å². The van der Waals surface area contributed by atoms with Gasteiger partial charge in [-0.1, -0.05) is 6.07 Å². The van der Waals surface area contributed by atoms with Gasteiger partial charge in [0.2, 0.25) is 0 Å². The Labute approximate surface area is 139 Å². The van der Waals surface area contributed by atoms with Crippen LogP contribution in [0.25, 0.3) is 10.1 Å². The Morgan fingerprint density at radius 1 is 1.32 bits per heavy atom. The fourth-order valence-electron chi connectivity index (χ4n) is 1.94. The fourth-order valence-corrected chi connectivity index (χ4v) is 5.99. The second-order valence-corrected chi connectivity index (χ2v) is 8.29. The van der Waals surface area contributed by atoms with Crippen molar-refractivity contribution in [3.05, 3.63) is 27.5 Å². The van der Waals surface area contributed by atoms with Crippen LogP contribution in [0.4, 0.5) is 14.5 Å². The predicted molar refractivity (Wildman–Crippen MR) is 88.7 cm³/mol. The third-order valence-corrected chi connectivity index (χ3v) is 7.44. The van der Waals surface area contributed by atoms with Crippen LogP contribution in [0.15, 0.2) is 22.7 Å². The lowest BCUT2D eigenvalue weighted by Crippen LogP contribution is -2.17. The van der Waals surface area contributed by atoms with Gasteiger partial charge >= 0.3 is 13.3 Å². The molecular weight excluding hydrogens is 399 g/mol. The van der Waals surface area contributed by atoms with Gasteiger partial charge in [0.15, 0.2) is 0 Å². The Morgan fingerprint density at radius 2 is 1.91 bits per heavy atom. The first-order chi connectivity index (χ1) is 10.3. The summed E-state index contributed by atoms with van der Waals surface area (Å²) in [5.74, 6) is 0. The van der Waals surface area contributed by atoms with Gasteiger partial charge in [-0.3, -0.25) is 4.57 Å². The molecule has 2 N–H and O–H groups in total. The molecule has 22 heavy (non-hydrogen) atoms. The number of benzene rings is 1. The zero-order valence-electron chi connectivity index (χ0n) is 11.9. The van der Waals surface area contributed by atoms with Gasteiger partial charge in [-0.2, -0.15) is 8.78 Å². The van der Waals surface area contributed by atoms with E-state index in [9.17, 15) is 13.3 Å². The lowest BCUT2D eigenvalue weighted by Gasteiger charge is -2.25. The number of halogens is 3. The molecule has 0 saturated carbocycles. The van der Waals surface area contributed by atoms with Crippen LogP contribution >= 0.6 is 34.9 Å². The fraction of sp³-hybridized carbons (Fsp3) is 0.385. The van der Waals surface area contributed by atoms with Crippen molar-refractivity contribution in [1.29, 1.82) is 0 Å². The summed E-state index contributed by atoms with van der Waals surface area (Å²) in [4.78, 5) is -0.390. The molecule has 0 saturated heterocycles. The quantitative estimate of drug-likeness (QED) is 0.497. The first-order valence-electron chi connectivity index (χ1n) is 6.51. The Kier molecular flexibility index (Phi) is 5.29. The number of hydrogen-bond donors (Lipinski definition) is 1. The summed E-state index contributed by atoms with van der Waals surface area (Å²) in [6, 6.07) is 4.85. The van der Waals surface area contributed by atoms with E-state index in [0.29, 0.717) is 15.8 Å². The standard InChI is InChI=1S/C13H15BrF2NO3PS/c1-3-19-21(18,20-4-2)13(15,16)12-11(14)9-6-5-8(17)7-10(9)22-12/h5-7H,3-4,17H2,1-2H3. The van der Waals surface area contributed by atoms with Crippen LogP contribution < -0.4 is 5.73 Å². The molecule has 0 atom stereocenters. The highest BCUT2D eigenvalue weighted by molar-refractivity contribution is 9.10. The average molecular weight is 414 g/mol. The highest BCUT2D eigenvalue weighted by Crippen LogP contribution is 2.69. The number of rotatable bonds is 6. The molecule has 0 aliphatic carbocycles. The molecule has 0 aliphatic rings. The van der Waals surface area contributed by atoms with E-state index in [1.807, 2.05) is 0 Å². The van der Waals surface area contributed by atoms with Gasteiger partial charge in [0.25, 0.3) is 0 Å². The van der Waals surface area contributed by atoms with Crippen LogP contribution in [-0.2, 0) is 19.3 Å². The number of alkyl halides is 2. The van der Waals surface area contributed by atoms with Crippen LogP contribution in [-0.4, -0.2) is 13.2 Å². The molecule has 0 bridgehead atoms. The van der Waals surface area contributed by atoms with Crippen molar-refractivity contribution in [3.63, 3.8) is 0 Å².